The van der Waals surface area contributed by atoms with Crippen LogP contribution in [0.3, 0.4) is 0 Å². The van der Waals surface area contributed by atoms with Gasteiger partial charge in [-0.3, -0.25) is 19.7 Å². The number of carbonyl (C=O) groups excluding carboxylic acids is 2. The Kier molecular flexibility index (Phi) is 5.64. The lowest BCUT2D eigenvalue weighted by molar-refractivity contribution is -0.383. The maximum atomic E-state index is 13.7. The molecule has 0 saturated carbocycles. The monoisotopic (exact) mass is 543 g/mol. The van der Waals surface area contributed by atoms with Gasteiger partial charge in [-0.05, 0) is 68.7 Å². The predicted octanol–water partition coefficient (Wildman–Crippen LogP) is 7.29. The number of nitro benzene ring substituents is 1. The molecule has 8 heteroatoms. The van der Waals surface area contributed by atoms with Crippen LogP contribution in [0.2, 0.25) is 0 Å². The molecule has 180 valence electrons. The fourth-order valence-electron chi connectivity index (χ4n) is 4.76. The molecule has 2 amide bonds. The van der Waals surface area contributed by atoms with Crippen molar-refractivity contribution >= 4 is 61.3 Å². The lowest BCUT2D eigenvalue weighted by atomic mass is 9.91. The number of aryl methyl sites for hydroxylation is 2. The first-order valence-corrected chi connectivity index (χ1v) is 12.1. The van der Waals surface area contributed by atoms with Crippen molar-refractivity contribution < 1.29 is 14.5 Å². The van der Waals surface area contributed by atoms with Gasteiger partial charge in [0.2, 0.25) is 0 Å². The molecule has 0 spiro atoms. The summed E-state index contributed by atoms with van der Waals surface area (Å²) in [6.45, 7) is 7.64. The molecule has 0 unspecified atom stereocenters. The molecule has 0 saturated heterocycles. The summed E-state index contributed by atoms with van der Waals surface area (Å²) in [4.78, 5) is 40.1. The van der Waals surface area contributed by atoms with Crippen LogP contribution < -0.4 is 10.2 Å². The molecule has 4 aromatic carbocycles. The fraction of sp³-hybridized carbons (Fsp3) is 0.143. The van der Waals surface area contributed by atoms with Crippen LogP contribution in [0.15, 0.2) is 59.1 Å². The van der Waals surface area contributed by atoms with Crippen LogP contribution >= 0.6 is 15.9 Å². The number of benzene rings is 4. The first kappa shape index (κ1) is 23.7. The zero-order valence-corrected chi connectivity index (χ0v) is 21.7. The van der Waals surface area contributed by atoms with Crippen LogP contribution in [0, 0.1) is 37.8 Å². The summed E-state index contributed by atoms with van der Waals surface area (Å²) in [5.74, 6) is -1.04. The summed E-state index contributed by atoms with van der Waals surface area (Å²) in [5, 5.41) is 16.3. The van der Waals surface area contributed by atoms with Crippen molar-refractivity contribution in [2.24, 2.45) is 0 Å². The van der Waals surface area contributed by atoms with Crippen LogP contribution in [-0.4, -0.2) is 16.7 Å². The number of hydrogen-bond acceptors (Lipinski definition) is 5. The highest BCUT2D eigenvalue weighted by Gasteiger charge is 2.37. The molecule has 0 aromatic heterocycles. The normalized spacial score (nSPS) is 12.9. The van der Waals surface area contributed by atoms with Crippen LogP contribution in [0.25, 0.3) is 10.8 Å². The lowest BCUT2D eigenvalue weighted by Gasteiger charge is -2.29. The van der Waals surface area contributed by atoms with E-state index < -0.39 is 16.7 Å². The molecule has 5 rings (SSSR count). The summed E-state index contributed by atoms with van der Waals surface area (Å²) in [6.07, 6.45) is 0. The topological polar surface area (TPSA) is 92.6 Å². The molecule has 4 aromatic rings. The zero-order chi connectivity index (χ0) is 25.9. The summed E-state index contributed by atoms with van der Waals surface area (Å²) >= 11 is 3.51. The van der Waals surface area contributed by atoms with E-state index in [4.69, 9.17) is 0 Å². The van der Waals surface area contributed by atoms with Crippen molar-refractivity contribution in [1.29, 1.82) is 0 Å². The van der Waals surface area contributed by atoms with Gasteiger partial charge in [-0.1, -0.05) is 45.8 Å². The molecule has 0 bridgehead atoms. The highest BCUT2D eigenvalue weighted by atomic mass is 79.9. The summed E-state index contributed by atoms with van der Waals surface area (Å²) in [7, 11) is 0. The van der Waals surface area contributed by atoms with E-state index in [2.05, 4.69) is 21.2 Å². The van der Waals surface area contributed by atoms with E-state index in [1.54, 1.807) is 24.3 Å². The van der Waals surface area contributed by atoms with Crippen molar-refractivity contribution in [3.8, 4) is 0 Å². The van der Waals surface area contributed by atoms with Gasteiger partial charge < -0.3 is 5.32 Å². The summed E-state index contributed by atoms with van der Waals surface area (Å²) < 4.78 is 0.930. The number of amides is 2. The number of nitro groups is 1. The Balaban J connectivity index is 1.76. The van der Waals surface area contributed by atoms with Crippen molar-refractivity contribution in [3.05, 3.63) is 103 Å². The molecule has 1 aliphatic heterocycles. The lowest BCUT2D eigenvalue weighted by Crippen LogP contribution is -2.41. The van der Waals surface area contributed by atoms with E-state index in [0.717, 1.165) is 31.6 Å². The summed E-state index contributed by atoms with van der Waals surface area (Å²) in [5.41, 5.74) is 5.30. The minimum atomic E-state index is -0.582. The third-order valence-electron chi connectivity index (χ3n) is 6.78. The quantitative estimate of drug-likeness (QED) is 0.166. The van der Waals surface area contributed by atoms with Crippen LogP contribution in [0.4, 0.5) is 22.7 Å². The van der Waals surface area contributed by atoms with Crippen LogP contribution in [0.5, 0.6) is 0 Å². The maximum Gasteiger partial charge on any atom is 0.294 e. The van der Waals surface area contributed by atoms with E-state index >= 15 is 0 Å². The van der Waals surface area contributed by atoms with Gasteiger partial charge in [0.15, 0.2) is 0 Å². The van der Waals surface area contributed by atoms with Gasteiger partial charge in [0, 0.05) is 32.6 Å². The predicted molar refractivity (Wildman–Crippen MR) is 145 cm³/mol. The van der Waals surface area contributed by atoms with Crippen molar-refractivity contribution in [1.82, 2.24) is 0 Å². The van der Waals surface area contributed by atoms with E-state index in [1.807, 2.05) is 52.0 Å². The second kappa shape index (κ2) is 8.57. The van der Waals surface area contributed by atoms with Crippen LogP contribution in [-0.2, 0) is 0 Å². The van der Waals surface area contributed by atoms with Gasteiger partial charge in [-0.15, -0.1) is 0 Å². The second-order valence-corrected chi connectivity index (χ2v) is 9.86. The number of anilines is 3. The van der Waals surface area contributed by atoms with Crippen molar-refractivity contribution in [2.45, 2.75) is 27.7 Å². The Labute approximate surface area is 216 Å². The first-order chi connectivity index (χ1) is 17.1. The number of rotatable bonds is 4. The number of carbonyl (C=O) groups is 2. The van der Waals surface area contributed by atoms with E-state index in [0.29, 0.717) is 27.7 Å². The zero-order valence-electron chi connectivity index (χ0n) is 20.1. The standard InChI is InChI=1S/C28H22BrN3O4/c1-14-8-11-23(15(2)12-14)31-27(33)19-7-5-6-18-25(19)20(28(31)34)13-24(32(35)36)26(18)30-22-10-9-21(29)16(3)17(22)4/h5-13,30H,1-4H3. The molecule has 0 atom stereocenters. The number of hydrogen-bond donors (Lipinski definition) is 1. The Morgan fingerprint density at radius 2 is 1.61 bits per heavy atom. The van der Waals surface area contributed by atoms with E-state index in [-0.39, 0.29) is 16.9 Å². The Morgan fingerprint density at radius 1 is 0.889 bits per heavy atom. The first-order valence-electron chi connectivity index (χ1n) is 11.3. The average molecular weight is 544 g/mol. The molecule has 1 heterocycles. The third kappa shape index (κ3) is 3.56. The van der Waals surface area contributed by atoms with Gasteiger partial charge in [-0.2, -0.15) is 0 Å². The Bertz CT molecular complexity index is 1640. The molecule has 0 aliphatic carbocycles. The molecular weight excluding hydrogens is 522 g/mol. The number of halogens is 1. The minimum Gasteiger partial charge on any atom is -0.349 e. The molecule has 1 aliphatic rings. The highest BCUT2D eigenvalue weighted by molar-refractivity contribution is 9.10. The number of nitrogens with one attached hydrogen (secondary N) is 1. The van der Waals surface area contributed by atoms with Crippen molar-refractivity contribution in [3.63, 3.8) is 0 Å². The third-order valence-corrected chi connectivity index (χ3v) is 7.64. The fourth-order valence-corrected chi connectivity index (χ4v) is 5.19. The molecule has 7 nitrogen and oxygen atoms in total. The number of nitrogens with zero attached hydrogens (tertiary/aromatic N) is 2. The van der Waals surface area contributed by atoms with Gasteiger partial charge in [0.1, 0.15) is 5.69 Å². The highest BCUT2D eigenvalue weighted by Crippen LogP contribution is 2.43. The van der Waals surface area contributed by atoms with E-state index in [9.17, 15) is 19.7 Å². The van der Waals surface area contributed by atoms with Crippen LogP contribution in [0.1, 0.15) is 43.0 Å². The smallest absolute Gasteiger partial charge is 0.294 e. The van der Waals surface area contributed by atoms with Gasteiger partial charge in [0.05, 0.1) is 16.2 Å². The number of imide groups is 1. The minimum absolute atomic E-state index is 0.126. The van der Waals surface area contributed by atoms with Gasteiger partial charge >= 0.3 is 0 Å². The Morgan fingerprint density at radius 3 is 2.31 bits per heavy atom. The maximum absolute atomic E-state index is 13.7. The SMILES string of the molecule is Cc1ccc(N2C(=O)c3cccc4c(Nc5ccc(Br)c(C)c5C)c([N+](=O)[O-])cc(c34)C2=O)c(C)c1. The van der Waals surface area contributed by atoms with Crippen molar-refractivity contribution in [2.75, 3.05) is 10.2 Å². The Hall–Kier alpha value is -4.04. The molecular formula is C28H22BrN3O4. The average Bonchev–Trinajstić information content (AvgIpc) is 2.84. The molecule has 0 fully saturated rings. The van der Waals surface area contributed by atoms with Gasteiger partial charge in [-0.25, -0.2) is 4.90 Å². The van der Waals surface area contributed by atoms with Gasteiger partial charge in [0.25, 0.3) is 17.5 Å². The summed E-state index contributed by atoms with van der Waals surface area (Å²) in [6, 6.07) is 15.5. The molecule has 1 N–H and O–H groups in total. The largest absolute Gasteiger partial charge is 0.349 e. The second-order valence-electron chi connectivity index (χ2n) is 9.01. The molecule has 0 radical (unpaired) electrons. The molecule has 36 heavy (non-hydrogen) atoms. The van der Waals surface area contributed by atoms with E-state index in [1.165, 1.54) is 6.07 Å².